The van der Waals surface area contributed by atoms with E-state index in [2.05, 4.69) is 15.0 Å². The van der Waals surface area contributed by atoms with Crippen LogP contribution in [0.4, 0.5) is 0 Å². The van der Waals surface area contributed by atoms with Crippen LogP contribution in [0.15, 0.2) is 43.1 Å². The van der Waals surface area contributed by atoms with Gasteiger partial charge in [-0.25, -0.2) is 14.8 Å². The highest BCUT2D eigenvalue weighted by Gasteiger charge is 2.37. The molecule has 1 unspecified atom stereocenters. The average molecular weight is 344 g/mol. The first-order valence-electron chi connectivity index (χ1n) is 7.05. The number of carbonyl (C=O) groups is 1. The Morgan fingerprint density at radius 1 is 1.32 bits per heavy atom. The molecular formula is C14H12N6O5. The van der Waals surface area contributed by atoms with Gasteiger partial charge in [0.1, 0.15) is 12.1 Å². The number of hydrogen-bond donors (Lipinski definition) is 2. The van der Waals surface area contributed by atoms with Crippen LogP contribution in [0, 0.1) is 10.1 Å². The minimum atomic E-state index is -1.53. The van der Waals surface area contributed by atoms with Gasteiger partial charge in [0.15, 0.2) is 5.69 Å². The van der Waals surface area contributed by atoms with Crippen LogP contribution >= 0.6 is 0 Å². The van der Waals surface area contributed by atoms with Crippen molar-refractivity contribution in [1.82, 2.24) is 19.6 Å². The summed E-state index contributed by atoms with van der Waals surface area (Å²) < 4.78 is 0.946. The van der Waals surface area contributed by atoms with Crippen molar-refractivity contribution in [2.75, 3.05) is 5.12 Å². The first kappa shape index (κ1) is 16.1. The highest BCUT2D eigenvalue weighted by atomic mass is 16.7. The molecule has 0 aromatic heterocycles. The summed E-state index contributed by atoms with van der Waals surface area (Å²) in [5.74, 6) is -1.27. The second-order valence-corrected chi connectivity index (χ2v) is 5.10. The Morgan fingerprint density at radius 2 is 2.04 bits per heavy atom. The molecule has 128 valence electrons. The number of rotatable bonds is 6. The molecule has 0 saturated heterocycles. The van der Waals surface area contributed by atoms with Crippen LogP contribution < -0.4 is 5.12 Å². The Kier molecular flexibility index (Phi) is 4.12. The van der Waals surface area contributed by atoms with Crippen molar-refractivity contribution in [1.29, 1.82) is 0 Å². The second kappa shape index (κ2) is 6.39. The van der Waals surface area contributed by atoms with Crippen molar-refractivity contribution in [2.24, 2.45) is 0 Å². The number of aliphatic carboxylic acids is 1. The topological polar surface area (TPSA) is 148 Å². The quantitative estimate of drug-likeness (QED) is 0.476. The van der Waals surface area contributed by atoms with Gasteiger partial charge in [0.05, 0.1) is 11.2 Å². The fraction of sp³-hybridized carbons (Fsp3) is 0.143. The van der Waals surface area contributed by atoms with E-state index in [0.717, 1.165) is 11.0 Å². The summed E-state index contributed by atoms with van der Waals surface area (Å²) in [4.78, 5) is 34.9. The van der Waals surface area contributed by atoms with E-state index in [0.29, 0.717) is 16.4 Å². The number of nitro groups is 1. The van der Waals surface area contributed by atoms with Crippen molar-refractivity contribution in [2.45, 2.75) is 12.5 Å². The van der Waals surface area contributed by atoms with Crippen LogP contribution in [0.5, 0.6) is 5.75 Å². The monoisotopic (exact) mass is 344 g/mol. The van der Waals surface area contributed by atoms with Gasteiger partial charge < -0.3 is 20.3 Å². The van der Waals surface area contributed by atoms with E-state index in [9.17, 15) is 25.1 Å². The number of benzene rings is 1. The number of aromatic hydroxyl groups is 1. The van der Waals surface area contributed by atoms with Crippen LogP contribution in [-0.4, -0.2) is 46.9 Å². The first-order valence-corrected chi connectivity index (χ1v) is 7.05. The zero-order valence-corrected chi connectivity index (χ0v) is 12.6. The Labute approximate surface area is 140 Å². The maximum atomic E-state index is 11.7. The molecule has 0 spiro atoms. The van der Waals surface area contributed by atoms with Crippen LogP contribution in [0.1, 0.15) is 5.56 Å². The van der Waals surface area contributed by atoms with Crippen molar-refractivity contribution >= 4 is 5.97 Å². The predicted molar refractivity (Wildman–Crippen MR) is 82.9 cm³/mol. The van der Waals surface area contributed by atoms with Crippen LogP contribution in [0.3, 0.4) is 0 Å². The molecular weight excluding hydrogens is 332 g/mol. The molecule has 1 aromatic rings. The number of carboxylic acid groups (broad SMARTS) is 1. The minimum absolute atomic E-state index is 0.0113. The van der Waals surface area contributed by atoms with Gasteiger partial charge in [0.2, 0.25) is 12.4 Å². The summed E-state index contributed by atoms with van der Waals surface area (Å²) in [6, 6.07) is 4.21. The molecule has 0 bridgehead atoms. The molecule has 2 aliphatic heterocycles. The molecule has 0 fully saturated rings. The standard InChI is InChI=1S/C14H12N6O5/c21-10-3-1-9(2-4-10)5-12(14(22)23)19(20(24)25)18-8-15-6-11-13(18)17-7-16-11/h1-4,6-8,12,21H,5H2,(H,22,23). The predicted octanol–water partition coefficient (Wildman–Crippen LogP) is 0.309. The third-order valence-electron chi connectivity index (χ3n) is 3.51. The van der Waals surface area contributed by atoms with Gasteiger partial charge in [-0.2, -0.15) is 4.98 Å². The van der Waals surface area contributed by atoms with Gasteiger partial charge in [-0.05, 0) is 22.8 Å². The maximum absolute atomic E-state index is 11.7. The molecule has 0 radical (unpaired) electrons. The maximum Gasteiger partial charge on any atom is 0.334 e. The van der Waals surface area contributed by atoms with Gasteiger partial charge >= 0.3 is 5.97 Å². The fourth-order valence-corrected chi connectivity index (χ4v) is 2.37. The highest BCUT2D eigenvalue weighted by Crippen LogP contribution is 2.18. The number of fused-ring (bicyclic) bond motifs is 1. The number of hydrazine groups is 1. The zero-order valence-electron chi connectivity index (χ0n) is 12.6. The molecule has 11 heteroatoms. The number of phenolic OH excluding ortho intramolecular Hbond substituents is 1. The summed E-state index contributed by atoms with van der Waals surface area (Å²) in [7, 11) is 0. The Balaban J connectivity index is 2.02. The molecule has 25 heavy (non-hydrogen) atoms. The third-order valence-corrected chi connectivity index (χ3v) is 3.51. The number of aromatic nitrogens is 4. The largest absolute Gasteiger partial charge is 0.508 e. The van der Waals surface area contributed by atoms with E-state index in [1.54, 1.807) is 0 Å². The summed E-state index contributed by atoms with van der Waals surface area (Å²) >= 11 is 0. The zero-order chi connectivity index (χ0) is 18.0. The van der Waals surface area contributed by atoms with E-state index in [-0.39, 0.29) is 18.0 Å². The van der Waals surface area contributed by atoms with E-state index in [1.165, 1.54) is 36.8 Å². The Hall–Kier alpha value is -3.76. The minimum Gasteiger partial charge on any atom is -0.508 e. The number of phenols is 1. The van der Waals surface area contributed by atoms with Crippen molar-refractivity contribution < 1.29 is 20.0 Å². The summed E-state index contributed by atoms with van der Waals surface area (Å²) in [6.07, 6.45) is 3.50. The van der Waals surface area contributed by atoms with Crippen LogP contribution in [0.2, 0.25) is 0 Å². The lowest BCUT2D eigenvalue weighted by molar-refractivity contribution is -0.519. The molecule has 11 nitrogen and oxygen atoms in total. The molecule has 1 atom stereocenters. The summed E-state index contributed by atoms with van der Waals surface area (Å²) in [5.41, 5.74) is 0.800. The van der Waals surface area contributed by atoms with Crippen molar-refractivity contribution in [3.05, 3.63) is 58.8 Å². The normalized spacial score (nSPS) is 12.0. The highest BCUT2D eigenvalue weighted by molar-refractivity contribution is 5.75. The number of imidazole rings is 1. The van der Waals surface area contributed by atoms with Crippen LogP contribution in [0.25, 0.3) is 11.5 Å². The molecule has 0 amide bonds. The molecule has 1 aromatic carbocycles. The average Bonchev–Trinajstić information content (AvgIpc) is 3.05. The van der Waals surface area contributed by atoms with Gasteiger partial charge in [0, 0.05) is 6.42 Å². The number of hydrogen-bond acceptors (Lipinski definition) is 7. The molecule has 2 aliphatic rings. The van der Waals surface area contributed by atoms with E-state index in [1.807, 2.05) is 0 Å². The van der Waals surface area contributed by atoms with Gasteiger partial charge in [0.25, 0.3) is 5.82 Å². The van der Waals surface area contributed by atoms with Gasteiger partial charge in [-0.3, -0.25) is 0 Å². The second-order valence-electron chi connectivity index (χ2n) is 5.10. The molecule has 0 aliphatic carbocycles. The van der Waals surface area contributed by atoms with Crippen molar-refractivity contribution in [3.63, 3.8) is 0 Å². The van der Waals surface area contributed by atoms with E-state index in [4.69, 9.17) is 0 Å². The fourth-order valence-electron chi connectivity index (χ4n) is 2.37. The van der Waals surface area contributed by atoms with E-state index < -0.39 is 17.0 Å². The lowest BCUT2D eigenvalue weighted by atomic mass is 10.1. The summed E-state index contributed by atoms with van der Waals surface area (Å²) in [5, 5.41) is 30.0. The van der Waals surface area contributed by atoms with Gasteiger partial charge in [-0.1, -0.05) is 16.8 Å². The lowest BCUT2D eigenvalue weighted by Gasteiger charge is -2.23. The molecule has 3 rings (SSSR count). The lowest BCUT2D eigenvalue weighted by Crippen LogP contribution is -2.53. The molecule has 0 saturated carbocycles. The third kappa shape index (κ3) is 3.15. The van der Waals surface area contributed by atoms with Crippen LogP contribution in [-0.2, 0) is 11.2 Å². The molecule has 2 N–H and O–H groups in total. The number of nitrogens with zero attached hydrogens (tertiary/aromatic N) is 6. The number of carboxylic acids is 1. The molecule has 2 heterocycles. The van der Waals surface area contributed by atoms with Crippen molar-refractivity contribution in [3.8, 4) is 17.3 Å². The van der Waals surface area contributed by atoms with E-state index >= 15 is 0 Å². The SMILES string of the molecule is O=C(O)C(Cc1ccc(O)cc1)N(n1cncc2ncnc1-2)[N+](=O)[O-]. The Bertz CT molecular complexity index is 880. The Morgan fingerprint density at radius 3 is 2.68 bits per heavy atom. The first-order chi connectivity index (χ1) is 12.0. The van der Waals surface area contributed by atoms with Gasteiger partial charge in [-0.15, -0.1) is 0 Å². The summed E-state index contributed by atoms with van der Waals surface area (Å²) in [6.45, 7) is 0. The smallest absolute Gasteiger partial charge is 0.334 e.